The van der Waals surface area contributed by atoms with E-state index in [0.717, 1.165) is 0 Å². The molecular formula is C24H14Cl2FN3O2. The van der Waals surface area contributed by atoms with Crippen LogP contribution < -0.4 is 11.1 Å². The van der Waals surface area contributed by atoms with Gasteiger partial charge in [0.1, 0.15) is 5.82 Å². The molecule has 32 heavy (non-hydrogen) atoms. The smallest absolute Gasteiger partial charge is 0.264 e. The Labute approximate surface area is 190 Å². The number of fused-ring (bicyclic) bond motifs is 2. The second-order valence-electron chi connectivity index (χ2n) is 7.31. The lowest BCUT2D eigenvalue weighted by molar-refractivity contribution is 0.597. The summed E-state index contributed by atoms with van der Waals surface area (Å²) in [5.41, 5.74) is 1.08. The Kier molecular flexibility index (Phi) is 5.04. The van der Waals surface area contributed by atoms with Gasteiger partial charge >= 0.3 is 0 Å². The normalized spacial score (nSPS) is 11.3. The summed E-state index contributed by atoms with van der Waals surface area (Å²) in [6.07, 6.45) is 3.16. The van der Waals surface area contributed by atoms with E-state index in [2.05, 4.69) is 4.98 Å². The van der Waals surface area contributed by atoms with E-state index >= 15 is 0 Å². The molecule has 5 rings (SSSR count). The fourth-order valence-corrected chi connectivity index (χ4v) is 4.20. The van der Waals surface area contributed by atoms with Gasteiger partial charge in [0.05, 0.1) is 34.0 Å². The maximum absolute atomic E-state index is 14.1. The van der Waals surface area contributed by atoms with Crippen LogP contribution >= 0.6 is 23.2 Å². The fourth-order valence-electron chi connectivity index (χ4n) is 3.68. The second kappa shape index (κ2) is 7.89. The van der Waals surface area contributed by atoms with E-state index < -0.39 is 0 Å². The Morgan fingerprint density at radius 1 is 0.812 bits per heavy atom. The van der Waals surface area contributed by atoms with Crippen LogP contribution in [-0.4, -0.2) is 14.1 Å². The summed E-state index contributed by atoms with van der Waals surface area (Å²) in [5, 5.41) is 1.34. The van der Waals surface area contributed by atoms with Crippen molar-refractivity contribution in [3.8, 4) is 5.69 Å². The number of hydrogen-bond acceptors (Lipinski definition) is 3. The van der Waals surface area contributed by atoms with E-state index in [1.165, 1.54) is 21.3 Å². The predicted molar refractivity (Wildman–Crippen MR) is 125 cm³/mol. The Balaban J connectivity index is 1.69. The topological polar surface area (TPSA) is 56.9 Å². The molecule has 0 amide bonds. The second-order valence-corrected chi connectivity index (χ2v) is 8.19. The lowest BCUT2D eigenvalue weighted by Crippen LogP contribution is -2.22. The first-order valence-electron chi connectivity index (χ1n) is 9.66. The monoisotopic (exact) mass is 465 g/mol. The molecule has 0 saturated carbocycles. The molecule has 5 nitrogen and oxygen atoms in total. The van der Waals surface area contributed by atoms with E-state index in [0.29, 0.717) is 32.3 Å². The minimum Gasteiger partial charge on any atom is -0.310 e. The number of hydrogen-bond donors (Lipinski definition) is 0. The molecule has 0 bridgehead atoms. The molecule has 0 unspecified atom stereocenters. The quantitative estimate of drug-likeness (QED) is 0.344. The molecule has 3 heterocycles. The molecule has 0 atom stereocenters. The van der Waals surface area contributed by atoms with E-state index in [1.54, 1.807) is 60.9 Å². The van der Waals surface area contributed by atoms with Gasteiger partial charge in [-0.2, -0.15) is 0 Å². The number of rotatable bonds is 3. The van der Waals surface area contributed by atoms with Crippen LogP contribution in [0.25, 0.3) is 27.5 Å². The lowest BCUT2D eigenvalue weighted by atomic mass is 10.1. The summed E-state index contributed by atoms with van der Waals surface area (Å²) < 4.78 is 16.8. The van der Waals surface area contributed by atoms with Crippen molar-refractivity contribution in [1.82, 2.24) is 14.1 Å². The molecule has 0 radical (unpaired) electrons. The van der Waals surface area contributed by atoms with Gasteiger partial charge in [0.2, 0.25) is 0 Å². The molecule has 8 heteroatoms. The van der Waals surface area contributed by atoms with Crippen molar-refractivity contribution in [1.29, 1.82) is 0 Å². The zero-order chi connectivity index (χ0) is 22.4. The minimum absolute atomic E-state index is 0.0690. The van der Waals surface area contributed by atoms with Crippen molar-refractivity contribution < 1.29 is 4.39 Å². The van der Waals surface area contributed by atoms with E-state index in [4.69, 9.17) is 23.2 Å². The molecule has 0 spiro atoms. The molecule has 0 fully saturated rings. The third kappa shape index (κ3) is 3.57. The average Bonchev–Trinajstić information content (AvgIpc) is 2.76. The lowest BCUT2D eigenvalue weighted by Gasteiger charge is -2.10. The largest absolute Gasteiger partial charge is 0.310 e. The summed E-state index contributed by atoms with van der Waals surface area (Å²) in [7, 11) is 0. The predicted octanol–water partition coefficient (Wildman–Crippen LogP) is 5.19. The molecule has 0 aliphatic heterocycles. The minimum atomic E-state index is -0.390. The van der Waals surface area contributed by atoms with Crippen LogP contribution in [0.5, 0.6) is 0 Å². The van der Waals surface area contributed by atoms with Crippen molar-refractivity contribution in [2.75, 3.05) is 0 Å². The maximum atomic E-state index is 14.1. The zero-order valence-electron chi connectivity index (χ0n) is 16.4. The summed E-state index contributed by atoms with van der Waals surface area (Å²) in [5.74, 6) is -0.390. The van der Waals surface area contributed by atoms with Gasteiger partial charge in [0, 0.05) is 28.0 Å². The Hall–Kier alpha value is -3.48. The van der Waals surface area contributed by atoms with Gasteiger partial charge < -0.3 is 4.57 Å². The summed E-state index contributed by atoms with van der Waals surface area (Å²) >= 11 is 12.2. The van der Waals surface area contributed by atoms with Gasteiger partial charge in [-0.05, 0) is 42.5 Å². The highest BCUT2D eigenvalue weighted by molar-refractivity contribution is 6.34. The van der Waals surface area contributed by atoms with Crippen LogP contribution in [0.15, 0.2) is 82.6 Å². The highest BCUT2D eigenvalue weighted by atomic mass is 35.5. The van der Waals surface area contributed by atoms with Crippen LogP contribution in [0.1, 0.15) is 5.56 Å². The first-order chi connectivity index (χ1) is 15.4. The van der Waals surface area contributed by atoms with Crippen molar-refractivity contribution in [2.24, 2.45) is 0 Å². The molecule has 0 saturated heterocycles. The van der Waals surface area contributed by atoms with Crippen molar-refractivity contribution in [3.05, 3.63) is 115 Å². The van der Waals surface area contributed by atoms with E-state index in [1.807, 2.05) is 0 Å². The Morgan fingerprint density at radius 3 is 2.19 bits per heavy atom. The Bertz CT molecular complexity index is 1620. The molecule has 3 aromatic heterocycles. The van der Waals surface area contributed by atoms with Crippen molar-refractivity contribution >= 4 is 45.0 Å². The van der Waals surface area contributed by atoms with E-state index in [9.17, 15) is 14.0 Å². The van der Waals surface area contributed by atoms with Crippen LogP contribution in [0.4, 0.5) is 4.39 Å². The molecule has 158 valence electrons. The molecule has 0 N–H and O–H groups in total. The summed E-state index contributed by atoms with van der Waals surface area (Å²) in [4.78, 5) is 30.8. The maximum Gasteiger partial charge on any atom is 0.264 e. The molecule has 0 aliphatic rings. The molecule has 0 aliphatic carbocycles. The number of aromatic nitrogens is 3. The highest BCUT2D eigenvalue weighted by Gasteiger charge is 2.12. The van der Waals surface area contributed by atoms with Crippen LogP contribution in [-0.2, 0) is 6.54 Å². The van der Waals surface area contributed by atoms with Crippen LogP contribution in [0.3, 0.4) is 0 Å². The first kappa shape index (κ1) is 20.4. The standard InChI is InChI=1S/C24H14Cl2FN3O2/c25-15-9-16(26)11-17(10-15)30-8-6-22-19(24(30)32)12-18-21(28-22)5-7-29(23(18)31)13-14-3-1-2-4-20(14)27/h1-12H,13H2. The molecular weight excluding hydrogens is 452 g/mol. The summed E-state index contributed by atoms with van der Waals surface area (Å²) in [6, 6.07) is 16.0. The van der Waals surface area contributed by atoms with Gasteiger partial charge in [0.25, 0.3) is 11.1 Å². The molecule has 5 aromatic rings. The summed E-state index contributed by atoms with van der Waals surface area (Å²) in [6.45, 7) is 0.0690. The first-order valence-corrected chi connectivity index (χ1v) is 10.4. The number of halogens is 3. The van der Waals surface area contributed by atoms with Gasteiger partial charge in [-0.3, -0.25) is 14.2 Å². The van der Waals surface area contributed by atoms with Gasteiger partial charge in [-0.1, -0.05) is 41.4 Å². The van der Waals surface area contributed by atoms with Crippen LogP contribution in [0, 0.1) is 5.82 Å². The highest BCUT2D eigenvalue weighted by Crippen LogP contribution is 2.22. The average molecular weight is 466 g/mol. The van der Waals surface area contributed by atoms with Gasteiger partial charge in [0.15, 0.2) is 0 Å². The third-order valence-electron chi connectivity index (χ3n) is 5.24. The van der Waals surface area contributed by atoms with Gasteiger partial charge in [-0.25, -0.2) is 9.37 Å². The number of benzene rings is 2. The number of pyridine rings is 3. The zero-order valence-corrected chi connectivity index (χ0v) is 17.9. The van der Waals surface area contributed by atoms with E-state index in [-0.39, 0.29) is 34.3 Å². The van der Waals surface area contributed by atoms with Crippen LogP contribution in [0.2, 0.25) is 10.0 Å². The fraction of sp³-hybridized carbons (Fsp3) is 0.0417. The SMILES string of the molecule is O=c1c2cc3c(=O)n(-c4cc(Cl)cc(Cl)c4)ccc3nc2ccn1Cc1ccccc1F. The van der Waals surface area contributed by atoms with Crippen molar-refractivity contribution in [2.45, 2.75) is 6.54 Å². The van der Waals surface area contributed by atoms with Crippen molar-refractivity contribution in [3.63, 3.8) is 0 Å². The third-order valence-corrected chi connectivity index (χ3v) is 5.68. The number of nitrogens with zero attached hydrogens (tertiary/aromatic N) is 3. The van der Waals surface area contributed by atoms with Gasteiger partial charge in [-0.15, -0.1) is 0 Å². The molecule has 2 aromatic carbocycles. The Morgan fingerprint density at radius 2 is 1.47 bits per heavy atom.